The monoisotopic (exact) mass is 511 g/mol. The number of unbranched alkanes of at least 4 members (excludes halogenated alkanes) is 9. The Kier molecular flexibility index (Phi) is 17.6. The van der Waals surface area contributed by atoms with Crippen molar-refractivity contribution in [3.05, 3.63) is 75.9 Å². The quantitative estimate of drug-likeness (QED) is 0.147. The van der Waals surface area contributed by atoms with Gasteiger partial charge in [0.05, 0.1) is 0 Å². The van der Waals surface area contributed by atoms with Gasteiger partial charge in [-0.15, -0.1) is 11.6 Å². The van der Waals surface area contributed by atoms with Crippen molar-refractivity contribution in [2.24, 2.45) is 0 Å². The Morgan fingerprint density at radius 2 is 1.06 bits per heavy atom. The van der Waals surface area contributed by atoms with Gasteiger partial charge in [0.15, 0.2) is 0 Å². The second-order valence-electron chi connectivity index (χ2n) is 10.2. The van der Waals surface area contributed by atoms with Gasteiger partial charge in [-0.25, -0.2) is 0 Å². The third kappa shape index (κ3) is 10.1. The molecule has 202 valence electrons. The molecule has 0 aliphatic carbocycles. The van der Waals surface area contributed by atoms with E-state index < -0.39 is 0 Å². The Balaban J connectivity index is 0.00000648. The second-order valence-corrected chi connectivity index (χ2v) is 10.5. The number of rotatable bonds is 19. The first-order chi connectivity index (χ1) is 17.2. The number of halogens is 1. The lowest BCUT2D eigenvalue weighted by molar-refractivity contribution is 0.636. The summed E-state index contributed by atoms with van der Waals surface area (Å²) in [5.41, 5.74) is 10.4. The maximum atomic E-state index is 6.74. The van der Waals surface area contributed by atoms with Crippen LogP contribution in [-0.2, 0) is 31.6 Å². The molecule has 1 nitrogen and oxygen atoms in total. The zero-order chi connectivity index (χ0) is 25.3. The van der Waals surface area contributed by atoms with Crippen molar-refractivity contribution in [3.63, 3.8) is 0 Å². The van der Waals surface area contributed by atoms with Crippen molar-refractivity contribution in [1.82, 2.24) is 6.15 Å². The maximum absolute atomic E-state index is 6.74. The van der Waals surface area contributed by atoms with Gasteiger partial charge in [-0.3, -0.25) is 0 Å². The highest BCUT2D eigenvalue weighted by Gasteiger charge is 2.21. The van der Waals surface area contributed by atoms with Crippen LogP contribution >= 0.6 is 11.6 Å². The number of hydrogen-bond acceptors (Lipinski definition) is 1. The fourth-order valence-corrected chi connectivity index (χ4v) is 5.85. The third-order valence-electron chi connectivity index (χ3n) is 7.51. The maximum Gasteiger partial charge on any atom is 0.0482 e. The molecule has 36 heavy (non-hydrogen) atoms. The zero-order valence-electron chi connectivity index (χ0n) is 23.8. The van der Waals surface area contributed by atoms with Gasteiger partial charge in [0.1, 0.15) is 0 Å². The van der Waals surface area contributed by atoms with Gasteiger partial charge in [-0.1, -0.05) is 122 Å². The lowest BCUT2D eigenvalue weighted by atomic mass is 9.79. The molecule has 0 aliphatic rings. The summed E-state index contributed by atoms with van der Waals surface area (Å²) in [7, 11) is 0. The van der Waals surface area contributed by atoms with Crippen molar-refractivity contribution in [1.29, 1.82) is 0 Å². The summed E-state index contributed by atoms with van der Waals surface area (Å²) in [4.78, 5) is 0. The van der Waals surface area contributed by atoms with E-state index in [1.807, 2.05) is 0 Å². The number of benzene rings is 2. The molecule has 0 spiro atoms. The van der Waals surface area contributed by atoms with Crippen LogP contribution in [0.2, 0.25) is 0 Å². The van der Waals surface area contributed by atoms with E-state index in [1.165, 1.54) is 119 Å². The van der Waals surface area contributed by atoms with Gasteiger partial charge in [0.2, 0.25) is 0 Å². The molecule has 0 unspecified atom stereocenters. The Morgan fingerprint density at radius 3 is 1.47 bits per heavy atom. The molecule has 0 saturated heterocycles. The average molecular weight is 512 g/mol. The Labute approximate surface area is 228 Å². The Bertz CT molecular complexity index is 855. The fourth-order valence-electron chi connectivity index (χ4n) is 5.55. The summed E-state index contributed by atoms with van der Waals surface area (Å²) >= 11 is 6.74. The molecular formula is C34H54ClN. The van der Waals surface area contributed by atoms with Crippen molar-refractivity contribution >= 4 is 17.7 Å². The van der Waals surface area contributed by atoms with Crippen LogP contribution in [0.15, 0.2) is 36.9 Å². The Morgan fingerprint density at radius 1 is 0.611 bits per heavy atom. The molecule has 0 amide bonds. The molecule has 0 radical (unpaired) electrons. The van der Waals surface area contributed by atoms with Gasteiger partial charge in [0.25, 0.3) is 0 Å². The van der Waals surface area contributed by atoms with Crippen LogP contribution in [0.25, 0.3) is 6.08 Å². The first-order valence-electron chi connectivity index (χ1n) is 14.6. The lowest BCUT2D eigenvalue weighted by Gasteiger charge is -2.26. The highest BCUT2D eigenvalue weighted by Crippen LogP contribution is 2.36. The number of alkyl halides is 1. The molecule has 2 aromatic carbocycles. The van der Waals surface area contributed by atoms with E-state index in [4.69, 9.17) is 11.6 Å². The average Bonchev–Trinajstić information content (AvgIpc) is 2.88. The van der Waals surface area contributed by atoms with E-state index in [1.54, 1.807) is 16.7 Å². The SMILES string of the molecule is C=Cc1c(CCl)c(CCCCCC)c(CCCCCC)c(CCCCCC)c1Cc1ccccc1.N. The topological polar surface area (TPSA) is 35.0 Å². The summed E-state index contributed by atoms with van der Waals surface area (Å²) in [5.74, 6) is 0.588. The molecule has 0 fully saturated rings. The van der Waals surface area contributed by atoms with Crippen LogP contribution in [-0.4, -0.2) is 0 Å². The molecule has 0 aromatic heterocycles. The molecule has 2 rings (SSSR count). The minimum atomic E-state index is 0. The van der Waals surface area contributed by atoms with E-state index in [0.29, 0.717) is 5.88 Å². The van der Waals surface area contributed by atoms with E-state index in [9.17, 15) is 0 Å². The van der Waals surface area contributed by atoms with Crippen molar-refractivity contribution in [2.75, 3.05) is 0 Å². The summed E-state index contributed by atoms with van der Waals surface area (Å²) in [6.07, 6.45) is 22.3. The minimum absolute atomic E-state index is 0. The van der Waals surface area contributed by atoms with Gasteiger partial charge < -0.3 is 6.15 Å². The van der Waals surface area contributed by atoms with Crippen LogP contribution in [0.1, 0.15) is 137 Å². The first kappa shape index (κ1) is 32.5. The first-order valence-corrected chi connectivity index (χ1v) is 15.2. The van der Waals surface area contributed by atoms with E-state index >= 15 is 0 Å². The van der Waals surface area contributed by atoms with Gasteiger partial charge in [0, 0.05) is 5.88 Å². The molecule has 0 bridgehead atoms. The van der Waals surface area contributed by atoms with E-state index in [0.717, 1.165) is 6.42 Å². The summed E-state index contributed by atoms with van der Waals surface area (Å²) in [6, 6.07) is 11.0. The van der Waals surface area contributed by atoms with Gasteiger partial charge in [-0.05, 0) is 83.9 Å². The predicted molar refractivity (Wildman–Crippen MR) is 164 cm³/mol. The summed E-state index contributed by atoms with van der Waals surface area (Å²) in [6.45, 7) is 11.2. The highest BCUT2D eigenvalue weighted by molar-refractivity contribution is 6.17. The van der Waals surface area contributed by atoms with Crippen LogP contribution in [0.4, 0.5) is 0 Å². The molecule has 0 heterocycles. The summed E-state index contributed by atoms with van der Waals surface area (Å²) < 4.78 is 0. The van der Waals surface area contributed by atoms with Crippen LogP contribution in [0.3, 0.4) is 0 Å². The van der Waals surface area contributed by atoms with Crippen molar-refractivity contribution < 1.29 is 0 Å². The lowest BCUT2D eigenvalue weighted by Crippen LogP contribution is -2.13. The zero-order valence-corrected chi connectivity index (χ0v) is 24.5. The molecule has 0 aliphatic heterocycles. The van der Waals surface area contributed by atoms with E-state index in [-0.39, 0.29) is 6.15 Å². The molecule has 2 aromatic rings. The van der Waals surface area contributed by atoms with Crippen LogP contribution in [0.5, 0.6) is 0 Å². The minimum Gasteiger partial charge on any atom is -0.344 e. The number of hydrogen-bond donors (Lipinski definition) is 1. The van der Waals surface area contributed by atoms with Crippen molar-refractivity contribution in [2.45, 2.75) is 129 Å². The standard InChI is InChI=1S/C34H51Cl.H3N/c1-5-9-12-18-23-30-31(24-19-13-10-6-2)33(26-28-21-16-15-17-22-28)29(8-4)34(27-35)32(30)25-20-14-11-7-3;/h8,15-17,21-22H,4-7,9-14,18-20,23-27H2,1-3H3;1H3. The molecule has 0 saturated carbocycles. The normalized spacial score (nSPS) is 10.9. The summed E-state index contributed by atoms with van der Waals surface area (Å²) in [5, 5.41) is 0. The Hall–Kier alpha value is -1.57. The second kappa shape index (κ2) is 19.5. The van der Waals surface area contributed by atoms with Gasteiger partial charge >= 0.3 is 0 Å². The van der Waals surface area contributed by atoms with Crippen molar-refractivity contribution in [3.8, 4) is 0 Å². The van der Waals surface area contributed by atoms with Crippen LogP contribution in [0, 0.1) is 0 Å². The largest absolute Gasteiger partial charge is 0.344 e. The van der Waals surface area contributed by atoms with Gasteiger partial charge in [-0.2, -0.15) is 0 Å². The van der Waals surface area contributed by atoms with E-state index in [2.05, 4.69) is 63.8 Å². The molecule has 0 atom stereocenters. The predicted octanol–water partition coefficient (Wildman–Crippen LogP) is 11.2. The third-order valence-corrected chi connectivity index (χ3v) is 7.78. The smallest absolute Gasteiger partial charge is 0.0482 e. The highest BCUT2D eigenvalue weighted by atomic mass is 35.5. The molecular weight excluding hydrogens is 458 g/mol. The van der Waals surface area contributed by atoms with Crippen LogP contribution < -0.4 is 6.15 Å². The molecule has 2 heteroatoms. The fraction of sp³-hybridized carbons (Fsp3) is 0.588. The molecule has 3 N–H and O–H groups in total.